The summed E-state index contributed by atoms with van der Waals surface area (Å²) in [6.45, 7) is 0. The lowest BCUT2D eigenvalue weighted by atomic mass is 10.2. The van der Waals surface area contributed by atoms with Crippen LogP contribution in [-0.4, -0.2) is 13.4 Å². The van der Waals surface area contributed by atoms with Crippen LogP contribution in [0.15, 0.2) is 59.8 Å². The number of fused-ring (bicyclic) bond motifs is 1. The summed E-state index contributed by atoms with van der Waals surface area (Å²) in [6, 6.07) is 7.85. The number of anilines is 1. The molecule has 0 saturated heterocycles. The largest absolute Gasteiger partial charge is 0.419 e. The molecule has 0 atom stereocenters. The van der Waals surface area contributed by atoms with Crippen LogP contribution in [0.4, 0.5) is 23.2 Å². The molecule has 25 heavy (non-hydrogen) atoms. The van der Waals surface area contributed by atoms with Crippen molar-refractivity contribution in [3.8, 4) is 0 Å². The smallest absolute Gasteiger partial charge is 0.280 e. The van der Waals surface area contributed by atoms with Crippen molar-refractivity contribution in [2.24, 2.45) is 0 Å². The Morgan fingerprint density at radius 1 is 1.04 bits per heavy atom. The fourth-order valence-corrected chi connectivity index (χ4v) is 3.62. The highest BCUT2D eigenvalue weighted by Gasteiger charge is 2.34. The molecule has 0 saturated carbocycles. The first kappa shape index (κ1) is 17.2. The minimum Gasteiger partial charge on any atom is -0.280 e. The summed E-state index contributed by atoms with van der Waals surface area (Å²) in [5.74, 6) is -1.48. The lowest BCUT2D eigenvalue weighted by Gasteiger charge is -2.13. The summed E-state index contributed by atoms with van der Waals surface area (Å²) in [5, 5.41) is 0.920. The Morgan fingerprint density at radius 2 is 1.80 bits per heavy atom. The summed E-state index contributed by atoms with van der Waals surface area (Å²) < 4.78 is 78.8. The third kappa shape index (κ3) is 3.41. The third-order valence-corrected chi connectivity index (χ3v) is 4.89. The van der Waals surface area contributed by atoms with Crippen molar-refractivity contribution in [2.45, 2.75) is 11.1 Å². The molecule has 0 radical (unpaired) electrons. The van der Waals surface area contributed by atoms with Crippen molar-refractivity contribution in [1.29, 1.82) is 0 Å². The molecule has 1 aromatic heterocycles. The zero-order valence-corrected chi connectivity index (χ0v) is 13.2. The maximum atomic E-state index is 13.3. The van der Waals surface area contributed by atoms with Gasteiger partial charge in [-0.2, -0.15) is 13.2 Å². The second kappa shape index (κ2) is 5.99. The van der Waals surface area contributed by atoms with E-state index in [1.54, 1.807) is 6.07 Å². The normalized spacial score (nSPS) is 12.3. The standard InChI is InChI=1S/C16H10F4N2O2S/c17-14-5-4-11(8-13(14)16(18,19)20)22-25(23,24)15-3-1-2-10-9-21-7-6-12(10)15/h1-9,22H. The number of aromatic nitrogens is 1. The fraction of sp³-hybridized carbons (Fsp3) is 0.0625. The van der Waals surface area contributed by atoms with Crippen molar-refractivity contribution in [3.63, 3.8) is 0 Å². The van der Waals surface area contributed by atoms with Crippen LogP contribution >= 0.6 is 0 Å². The summed E-state index contributed by atoms with van der Waals surface area (Å²) in [4.78, 5) is 3.77. The van der Waals surface area contributed by atoms with Gasteiger partial charge in [0, 0.05) is 28.9 Å². The van der Waals surface area contributed by atoms with Gasteiger partial charge in [-0.3, -0.25) is 9.71 Å². The number of alkyl halides is 3. The third-order valence-electron chi connectivity index (χ3n) is 3.45. The monoisotopic (exact) mass is 370 g/mol. The summed E-state index contributed by atoms with van der Waals surface area (Å²) in [5.41, 5.74) is -1.94. The Balaban J connectivity index is 2.05. The van der Waals surface area contributed by atoms with Crippen LogP contribution in [0.2, 0.25) is 0 Å². The molecular weight excluding hydrogens is 360 g/mol. The van der Waals surface area contributed by atoms with E-state index >= 15 is 0 Å². The SMILES string of the molecule is O=S(=O)(Nc1ccc(F)c(C(F)(F)F)c1)c1cccc2cnccc12. The highest BCUT2D eigenvalue weighted by atomic mass is 32.2. The topological polar surface area (TPSA) is 59.1 Å². The van der Waals surface area contributed by atoms with Gasteiger partial charge < -0.3 is 0 Å². The van der Waals surface area contributed by atoms with E-state index in [9.17, 15) is 26.0 Å². The number of benzene rings is 2. The van der Waals surface area contributed by atoms with Crippen LogP contribution in [0.1, 0.15) is 5.56 Å². The number of halogens is 4. The lowest BCUT2D eigenvalue weighted by Crippen LogP contribution is -2.15. The van der Waals surface area contributed by atoms with Crippen LogP contribution in [0.3, 0.4) is 0 Å². The molecule has 1 N–H and O–H groups in total. The van der Waals surface area contributed by atoms with Gasteiger partial charge in [0.2, 0.25) is 0 Å². The highest BCUT2D eigenvalue weighted by molar-refractivity contribution is 7.93. The maximum absolute atomic E-state index is 13.3. The van der Waals surface area contributed by atoms with Gasteiger partial charge in [0.15, 0.2) is 0 Å². The second-order valence-electron chi connectivity index (χ2n) is 5.15. The molecule has 9 heteroatoms. The minimum absolute atomic E-state index is 0.120. The number of hydrogen-bond acceptors (Lipinski definition) is 3. The van der Waals surface area contributed by atoms with Gasteiger partial charge in [0.05, 0.1) is 10.5 Å². The van der Waals surface area contributed by atoms with E-state index in [1.807, 2.05) is 0 Å². The van der Waals surface area contributed by atoms with Gasteiger partial charge in [0.1, 0.15) is 5.82 Å². The second-order valence-corrected chi connectivity index (χ2v) is 6.80. The van der Waals surface area contributed by atoms with Gasteiger partial charge in [-0.15, -0.1) is 0 Å². The van der Waals surface area contributed by atoms with Crippen molar-refractivity contribution in [2.75, 3.05) is 4.72 Å². The predicted octanol–water partition coefficient (Wildman–Crippen LogP) is 4.19. The van der Waals surface area contributed by atoms with Crippen molar-refractivity contribution >= 4 is 26.5 Å². The molecule has 4 nitrogen and oxygen atoms in total. The van der Waals surface area contributed by atoms with Crippen LogP contribution < -0.4 is 4.72 Å². The molecule has 1 heterocycles. The maximum Gasteiger partial charge on any atom is 0.419 e. The number of rotatable bonds is 3. The quantitative estimate of drug-likeness (QED) is 0.703. The molecule has 0 aliphatic rings. The molecule has 130 valence electrons. The first-order valence-corrected chi connectivity index (χ1v) is 8.39. The van der Waals surface area contributed by atoms with E-state index in [-0.39, 0.29) is 10.6 Å². The molecule has 0 amide bonds. The average Bonchev–Trinajstić information content (AvgIpc) is 2.55. The summed E-state index contributed by atoms with van der Waals surface area (Å²) >= 11 is 0. The van der Waals surface area contributed by atoms with Crippen LogP contribution in [0.25, 0.3) is 10.8 Å². The Hall–Kier alpha value is -2.68. The Morgan fingerprint density at radius 3 is 2.52 bits per heavy atom. The van der Waals surface area contributed by atoms with E-state index in [2.05, 4.69) is 9.71 Å². The molecule has 0 unspecified atom stereocenters. The number of pyridine rings is 1. The molecule has 3 rings (SSSR count). The first-order valence-electron chi connectivity index (χ1n) is 6.91. The molecule has 0 spiro atoms. The molecular formula is C16H10F4N2O2S. The Bertz CT molecular complexity index is 1040. The van der Waals surface area contributed by atoms with E-state index in [0.29, 0.717) is 22.9 Å². The molecule has 2 aromatic carbocycles. The van der Waals surface area contributed by atoms with Crippen molar-refractivity contribution in [1.82, 2.24) is 4.98 Å². The Kier molecular flexibility index (Phi) is 4.11. The Labute approximate surface area is 140 Å². The predicted molar refractivity (Wildman–Crippen MR) is 84.0 cm³/mol. The first-order chi connectivity index (χ1) is 11.7. The molecule has 0 fully saturated rings. The summed E-state index contributed by atoms with van der Waals surface area (Å²) in [7, 11) is -4.18. The van der Waals surface area contributed by atoms with Gasteiger partial charge in [-0.1, -0.05) is 12.1 Å². The molecule has 3 aromatic rings. The van der Waals surface area contributed by atoms with E-state index in [0.717, 1.165) is 6.07 Å². The van der Waals surface area contributed by atoms with E-state index in [4.69, 9.17) is 0 Å². The lowest BCUT2D eigenvalue weighted by molar-refractivity contribution is -0.139. The zero-order chi connectivity index (χ0) is 18.2. The van der Waals surface area contributed by atoms with Crippen molar-refractivity contribution in [3.05, 3.63) is 66.2 Å². The van der Waals surface area contributed by atoms with Gasteiger partial charge >= 0.3 is 6.18 Å². The van der Waals surface area contributed by atoms with E-state index in [1.165, 1.54) is 30.6 Å². The number of hydrogen-bond donors (Lipinski definition) is 1. The van der Waals surface area contributed by atoms with Gasteiger partial charge in [-0.25, -0.2) is 12.8 Å². The van der Waals surface area contributed by atoms with Crippen LogP contribution in [0.5, 0.6) is 0 Å². The van der Waals surface area contributed by atoms with E-state index < -0.39 is 27.6 Å². The van der Waals surface area contributed by atoms with Crippen LogP contribution in [0, 0.1) is 5.82 Å². The average molecular weight is 370 g/mol. The van der Waals surface area contributed by atoms with Gasteiger partial charge in [-0.05, 0) is 30.3 Å². The molecule has 0 aliphatic heterocycles. The van der Waals surface area contributed by atoms with Crippen molar-refractivity contribution < 1.29 is 26.0 Å². The highest BCUT2D eigenvalue weighted by Crippen LogP contribution is 2.33. The zero-order valence-electron chi connectivity index (χ0n) is 12.4. The number of sulfonamides is 1. The minimum atomic E-state index is -4.93. The number of nitrogens with zero attached hydrogens (tertiary/aromatic N) is 1. The molecule has 0 bridgehead atoms. The van der Waals surface area contributed by atoms with Crippen LogP contribution in [-0.2, 0) is 16.2 Å². The van der Waals surface area contributed by atoms with Gasteiger partial charge in [0.25, 0.3) is 10.0 Å². The number of nitrogens with one attached hydrogen (secondary N) is 1. The molecule has 0 aliphatic carbocycles. The fourth-order valence-electron chi connectivity index (χ4n) is 2.34. The summed E-state index contributed by atoms with van der Waals surface area (Å²) in [6.07, 6.45) is -2.06.